The fourth-order valence-corrected chi connectivity index (χ4v) is 2.05. The Morgan fingerprint density at radius 1 is 1.35 bits per heavy atom. The number of rotatable bonds is 2. The van der Waals surface area contributed by atoms with Crippen molar-refractivity contribution in [1.29, 1.82) is 0 Å². The van der Waals surface area contributed by atoms with Crippen LogP contribution in [0.3, 0.4) is 0 Å². The van der Waals surface area contributed by atoms with E-state index in [1.165, 1.54) is 0 Å². The summed E-state index contributed by atoms with van der Waals surface area (Å²) in [5.74, 6) is 0.325. The molecule has 0 bridgehead atoms. The van der Waals surface area contributed by atoms with Crippen LogP contribution in [0.1, 0.15) is 27.3 Å². The fourth-order valence-electron chi connectivity index (χ4n) is 2.05. The molecule has 0 fully saturated rings. The monoisotopic (exact) mass is 271 g/mol. The van der Waals surface area contributed by atoms with Crippen LogP contribution in [0.4, 0.5) is 5.82 Å². The molecule has 0 radical (unpaired) electrons. The second-order valence-corrected chi connectivity index (χ2v) is 4.64. The van der Waals surface area contributed by atoms with Gasteiger partial charge in [0, 0.05) is 11.3 Å². The van der Waals surface area contributed by atoms with Crippen molar-refractivity contribution < 1.29 is 9.32 Å². The zero-order valence-corrected chi connectivity index (χ0v) is 11.3. The summed E-state index contributed by atoms with van der Waals surface area (Å²) in [6.45, 7) is 5.44. The number of H-pyrrole nitrogens is 1. The van der Waals surface area contributed by atoms with E-state index in [2.05, 4.69) is 25.7 Å². The summed E-state index contributed by atoms with van der Waals surface area (Å²) in [5, 5.41) is 13.9. The largest absolute Gasteiger partial charge is 0.336 e. The number of carbonyl (C=O) groups is 1. The molecule has 0 aliphatic heterocycles. The van der Waals surface area contributed by atoms with E-state index in [0.717, 1.165) is 5.56 Å². The van der Waals surface area contributed by atoms with Gasteiger partial charge in [0.2, 0.25) is 0 Å². The lowest BCUT2D eigenvalue weighted by Gasteiger charge is -2.05. The van der Waals surface area contributed by atoms with Crippen LogP contribution in [-0.2, 0) is 0 Å². The average molecular weight is 271 g/mol. The van der Waals surface area contributed by atoms with E-state index in [9.17, 15) is 4.79 Å². The molecule has 0 aromatic carbocycles. The Bertz CT molecular complexity index is 802. The number of hydrogen-bond acceptors (Lipinski definition) is 5. The summed E-state index contributed by atoms with van der Waals surface area (Å²) in [5.41, 5.74) is 3.05. The van der Waals surface area contributed by atoms with Crippen LogP contribution < -0.4 is 5.32 Å². The molecule has 0 saturated carbocycles. The molecule has 3 heterocycles. The number of amides is 1. The summed E-state index contributed by atoms with van der Waals surface area (Å²) in [7, 11) is 0. The van der Waals surface area contributed by atoms with Gasteiger partial charge in [-0.25, -0.2) is 4.98 Å². The smallest absolute Gasteiger partial charge is 0.258 e. The zero-order chi connectivity index (χ0) is 14.3. The highest BCUT2D eigenvalue weighted by Gasteiger charge is 2.18. The molecule has 20 heavy (non-hydrogen) atoms. The minimum absolute atomic E-state index is 0.251. The molecule has 0 aliphatic carbocycles. The maximum absolute atomic E-state index is 12.4. The number of aromatic amines is 1. The van der Waals surface area contributed by atoms with Gasteiger partial charge in [-0.05, 0) is 26.8 Å². The summed E-state index contributed by atoms with van der Waals surface area (Å²) in [6.07, 6.45) is 1.65. The van der Waals surface area contributed by atoms with Crippen LogP contribution >= 0.6 is 0 Å². The standard InChI is InChI=1S/C13H13N5O2/c1-6-5-14-17-11(6)16-12(19)9-4-7(2)15-13-10(9)8(3)18-20-13/h4-5H,1-3H3,(H2,14,16,17,19). The minimum atomic E-state index is -0.251. The average Bonchev–Trinajstić information content (AvgIpc) is 2.96. The maximum atomic E-state index is 12.4. The van der Waals surface area contributed by atoms with E-state index < -0.39 is 0 Å². The molecule has 3 aromatic rings. The molecule has 0 aliphatic rings. The predicted molar refractivity (Wildman–Crippen MR) is 72.6 cm³/mol. The Balaban J connectivity index is 2.07. The lowest BCUT2D eigenvalue weighted by molar-refractivity contribution is 0.102. The molecule has 0 spiro atoms. The van der Waals surface area contributed by atoms with Crippen LogP contribution in [-0.4, -0.2) is 26.2 Å². The number of pyridine rings is 1. The van der Waals surface area contributed by atoms with E-state index in [-0.39, 0.29) is 5.91 Å². The van der Waals surface area contributed by atoms with E-state index in [1.54, 1.807) is 26.1 Å². The molecular weight excluding hydrogens is 258 g/mol. The number of aromatic nitrogens is 4. The van der Waals surface area contributed by atoms with E-state index in [0.29, 0.717) is 33.9 Å². The van der Waals surface area contributed by atoms with Crippen molar-refractivity contribution in [3.05, 3.63) is 34.8 Å². The van der Waals surface area contributed by atoms with Crippen molar-refractivity contribution in [1.82, 2.24) is 20.3 Å². The van der Waals surface area contributed by atoms with E-state index in [1.807, 2.05) is 6.92 Å². The normalized spacial score (nSPS) is 10.9. The highest BCUT2D eigenvalue weighted by atomic mass is 16.5. The van der Waals surface area contributed by atoms with Crippen LogP contribution in [0, 0.1) is 20.8 Å². The van der Waals surface area contributed by atoms with Gasteiger partial charge in [0.1, 0.15) is 5.82 Å². The third-order valence-electron chi connectivity index (χ3n) is 3.06. The van der Waals surface area contributed by atoms with Crippen molar-refractivity contribution in [2.75, 3.05) is 5.32 Å². The number of aryl methyl sites for hydroxylation is 3. The van der Waals surface area contributed by atoms with Crippen molar-refractivity contribution in [2.24, 2.45) is 0 Å². The number of anilines is 1. The van der Waals surface area contributed by atoms with Crippen molar-refractivity contribution in [2.45, 2.75) is 20.8 Å². The molecule has 0 atom stereocenters. The molecule has 102 valence electrons. The Hall–Kier alpha value is -2.70. The van der Waals surface area contributed by atoms with Crippen LogP contribution in [0.25, 0.3) is 11.1 Å². The van der Waals surface area contributed by atoms with Gasteiger partial charge in [0.25, 0.3) is 11.6 Å². The number of nitrogens with zero attached hydrogens (tertiary/aromatic N) is 3. The van der Waals surface area contributed by atoms with Gasteiger partial charge in [-0.1, -0.05) is 5.16 Å². The van der Waals surface area contributed by atoms with Crippen molar-refractivity contribution >= 4 is 22.8 Å². The molecule has 0 saturated heterocycles. The molecule has 7 heteroatoms. The molecule has 7 nitrogen and oxygen atoms in total. The first-order chi connectivity index (χ1) is 9.56. The predicted octanol–water partition coefficient (Wildman–Crippen LogP) is 2.12. The van der Waals surface area contributed by atoms with E-state index in [4.69, 9.17) is 4.52 Å². The first-order valence-electron chi connectivity index (χ1n) is 6.11. The SMILES string of the molecule is Cc1cc(C(=O)Nc2[nH]ncc2C)c2c(C)noc2n1. The lowest BCUT2D eigenvalue weighted by atomic mass is 10.1. The third-order valence-corrected chi connectivity index (χ3v) is 3.06. The Kier molecular flexibility index (Phi) is 2.74. The van der Waals surface area contributed by atoms with Gasteiger partial charge in [0.15, 0.2) is 0 Å². The fraction of sp³-hybridized carbons (Fsp3) is 0.231. The Morgan fingerprint density at radius 2 is 2.15 bits per heavy atom. The molecule has 0 unspecified atom stereocenters. The first-order valence-corrected chi connectivity index (χ1v) is 6.11. The molecular formula is C13H13N5O2. The van der Waals surface area contributed by atoms with E-state index >= 15 is 0 Å². The van der Waals surface area contributed by atoms with Crippen molar-refractivity contribution in [3.8, 4) is 0 Å². The summed E-state index contributed by atoms with van der Waals surface area (Å²) < 4.78 is 5.12. The summed E-state index contributed by atoms with van der Waals surface area (Å²) in [4.78, 5) is 16.6. The van der Waals surface area contributed by atoms with Crippen LogP contribution in [0.15, 0.2) is 16.8 Å². The van der Waals surface area contributed by atoms with Crippen LogP contribution in [0.5, 0.6) is 0 Å². The Labute approximate surface area is 114 Å². The van der Waals surface area contributed by atoms with Gasteiger partial charge >= 0.3 is 0 Å². The molecule has 3 aromatic heterocycles. The number of hydrogen-bond donors (Lipinski definition) is 2. The third kappa shape index (κ3) is 1.93. The zero-order valence-electron chi connectivity index (χ0n) is 11.3. The number of carbonyl (C=O) groups excluding carboxylic acids is 1. The number of nitrogens with one attached hydrogen (secondary N) is 2. The molecule has 2 N–H and O–H groups in total. The number of fused-ring (bicyclic) bond motifs is 1. The lowest BCUT2D eigenvalue weighted by Crippen LogP contribution is -2.14. The summed E-state index contributed by atoms with van der Waals surface area (Å²) >= 11 is 0. The van der Waals surface area contributed by atoms with Gasteiger partial charge in [0.05, 0.1) is 22.8 Å². The highest BCUT2D eigenvalue weighted by molar-refractivity contribution is 6.12. The first kappa shape index (κ1) is 12.3. The highest BCUT2D eigenvalue weighted by Crippen LogP contribution is 2.23. The van der Waals surface area contributed by atoms with Gasteiger partial charge in [-0.15, -0.1) is 0 Å². The summed E-state index contributed by atoms with van der Waals surface area (Å²) in [6, 6.07) is 1.72. The van der Waals surface area contributed by atoms with Gasteiger partial charge < -0.3 is 9.84 Å². The Morgan fingerprint density at radius 3 is 2.85 bits per heavy atom. The quantitative estimate of drug-likeness (QED) is 0.744. The second-order valence-electron chi connectivity index (χ2n) is 4.64. The second kappa shape index (κ2) is 4.44. The minimum Gasteiger partial charge on any atom is -0.336 e. The maximum Gasteiger partial charge on any atom is 0.258 e. The van der Waals surface area contributed by atoms with Crippen LogP contribution in [0.2, 0.25) is 0 Å². The van der Waals surface area contributed by atoms with Crippen molar-refractivity contribution in [3.63, 3.8) is 0 Å². The molecule has 1 amide bonds. The van der Waals surface area contributed by atoms with Gasteiger partial charge in [-0.2, -0.15) is 5.10 Å². The van der Waals surface area contributed by atoms with Gasteiger partial charge in [-0.3, -0.25) is 9.89 Å². The molecule has 3 rings (SSSR count). The topological polar surface area (TPSA) is 96.7 Å².